The molecule has 3 N–H and O–H groups in total. The molecule has 1 saturated carbocycles. The molecule has 0 radical (unpaired) electrons. The zero-order chi connectivity index (χ0) is 38.5. The highest BCUT2D eigenvalue weighted by Gasteiger charge is 2.64. The van der Waals surface area contributed by atoms with Crippen molar-refractivity contribution in [1.82, 2.24) is 25.0 Å². The van der Waals surface area contributed by atoms with Crippen LogP contribution in [0.2, 0.25) is 5.02 Å². The van der Waals surface area contributed by atoms with Crippen molar-refractivity contribution in [1.29, 1.82) is 0 Å². The van der Waals surface area contributed by atoms with E-state index in [0.717, 1.165) is 27.0 Å². The maximum absolute atomic E-state index is 14.9. The molecule has 2 aliphatic rings. The Morgan fingerprint density at radius 1 is 1.02 bits per heavy atom. The molecule has 1 fully saturated rings. The zero-order valence-corrected chi connectivity index (χ0v) is 29.4. The second kappa shape index (κ2) is 13.7. The maximum atomic E-state index is 14.9. The highest BCUT2D eigenvalue weighted by molar-refractivity contribution is 6.32. The quantitative estimate of drug-likeness (QED) is 0.158. The van der Waals surface area contributed by atoms with E-state index in [1.807, 2.05) is 26.1 Å². The minimum Gasteiger partial charge on any atom is -0.447 e. The van der Waals surface area contributed by atoms with Crippen molar-refractivity contribution in [3.8, 4) is 16.8 Å². The Kier molecular flexibility index (Phi) is 9.73. The summed E-state index contributed by atoms with van der Waals surface area (Å²) in [5, 5.41) is 5.72. The summed E-state index contributed by atoms with van der Waals surface area (Å²) in [5.74, 6) is -2.07. The first-order valence-corrected chi connectivity index (χ1v) is 16.8. The summed E-state index contributed by atoms with van der Waals surface area (Å²) in [4.78, 5) is 37.1. The summed E-state index contributed by atoms with van der Waals surface area (Å²) in [6, 6.07) is 15.5. The SMILES string of the molecule is CC(C)(C)C[C@]1(c2ccc(-c3ccc(F)cc3)cc2)N=C(N)N([C@H](COC(=O)NC2(C(F)(F)F)CC2)c2ccc(Cl)c(-n3ncnc3C(F)F)c2)C1=O. The van der Waals surface area contributed by atoms with Gasteiger partial charge >= 0.3 is 12.3 Å². The lowest BCUT2D eigenvalue weighted by Gasteiger charge is -2.35. The lowest BCUT2D eigenvalue weighted by molar-refractivity contribution is -0.164. The molecule has 0 saturated heterocycles. The minimum absolute atomic E-state index is 0.0304. The van der Waals surface area contributed by atoms with E-state index in [1.165, 1.54) is 30.3 Å². The fraction of sp³-hybridized carbons (Fsp3) is 0.361. The second-order valence-electron chi connectivity index (χ2n) is 14.2. The van der Waals surface area contributed by atoms with E-state index in [4.69, 9.17) is 27.1 Å². The number of aromatic nitrogens is 3. The number of hydrogen-bond donors (Lipinski definition) is 2. The summed E-state index contributed by atoms with van der Waals surface area (Å²) < 4.78 is 88.3. The molecule has 0 unspecified atom stereocenters. The van der Waals surface area contributed by atoms with Crippen LogP contribution in [0.1, 0.15) is 69.5 Å². The Labute approximate surface area is 305 Å². The van der Waals surface area contributed by atoms with E-state index >= 15 is 0 Å². The molecule has 4 aromatic rings. The van der Waals surface area contributed by atoms with E-state index in [-0.39, 0.29) is 41.5 Å². The number of aliphatic imine (C=N–C) groups is 1. The molecular formula is C36H34ClF6N7O3. The first-order valence-electron chi connectivity index (χ1n) is 16.4. The summed E-state index contributed by atoms with van der Waals surface area (Å²) in [7, 11) is 0. The topological polar surface area (TPSA) is 128 Å². The van der Waals surface area contributed by atoms with Crippen LogP contribution in [0.5, 0.6) is 0 Å². The zero-order valence-electron chi connectivity index (χ0n) is 28.6. The molecule has 2 heterocycles. The number of benzene rings is 3. The summed E-state index contributed by atoms with van der Waals surface area (Å²) in [6.07, 6.45) is -8.79. The monoisotopic (exact) mass is 761 g/mol. The molecule has 280 valence electrons. The van der Waals surface area contributed by atoms with Crippen LogP contribution < -0.4 is 11.1 Å². The highest BCUT2D eigenvalue weighted by Crippen LogP contribution is 2.49. The number of nitrogens with zero attached hydrogens (tertiary/aromatic N) is 5. The Morgan fingerprint density at radius 2 is 1.64 bits per heavy atom. The lowest BCUT2D eigenvalue weighted by atomic mass is 9.75. The third kappa shape index (κ3) is 7.41. The predicted octanol–water partition coefficient (Wildman–Crippen LogP) is 8.02. The molecule has 1 aliphatic carbocycles. The minimum atomic E-state index is -4.72. The first kappa shape index (κ1) is 37.6. The number of nitrogens with two attached hydrogens (primary N) is 1. The number of rotatable bonds is 10. The molecule has 1 aromatic heterocycles. The van der Waals surface area contributed by atoms with Crippen molar-refractivity contribution in [2.24, 2.45) is 16.1 Å². The molecule has 53 heavy (non-hydrogen) atoms. The highest BCUT2D eigenvalue weighted by atomic mass is 35.5. The summed E-state index contributed by atoms with van der Waals surface area (Å²) >= 11 is 6.42. The van der Waals surface area contributed by atoms with E-state index < -0.39 is 65.4 Å². The van der Waals surface area contributed by atoms with Gasteiger partial charge in [0.15, 0.2) is 17.3 Å². The normalized spacial score (nSPS) is 19.0. The van der Waals surface area contributed by atoms with Gasteiger partial charge in [0, 0.05) is 0 Å². The number of carbonyl (C=O) groups excluding carboxylic acids is 2. The van der Waals surface area contributed by atoms with Gasteiger partial charge in [-0.3, -0.25) is 9.69 Å². The van der Waals surface area contributed by atoms with Crippen LogP contribution in [0.25, 0.3) is 16.8 Å². The van der Waals surface area contributed by atoms with Crippen LogP contribution in [0, 0.1) is 11.2 Å². The van der Waals surface area contributed by atoms with Gasteiger partial charge in [0.2, 0.25) is 0 Å². The number of hydrogen-bond acceptors (Lipinski definition) is 7. The predicted molar refractivity (Wildman–Crippen MR) is 183 cm³/mol. The Bertz CT molecular complexity index is 2040. The van der Waals surface area contributed by atoms with Crippen LogP contribution in [0.15, 0.2) is 78.0 Å². The number of alkyl halides is 5. The molecule has 6 rings (SSSR count). The molecule has 0 bridgehead atoms. The average molecular weight is 762 g/mol. The molecule has 3 aromatic carbocycles. The van der Waals surface area contributed by atoms with Crippen LogP contribution in [-0.4, -0.2) is 55.9 Å². The summed E-state index contributed by atoms with van der Waals surface area (Å²) in [5.41, 5.74) is 3.94. The van der Waals surface area contributed by atoms with E-state index in [9.17, 15) is 35.9 Å². The fourth-order valence-electron chi connectivity index (χ4n) is 6.45. The number of alkyl carbamates (subject to hydrolysis) is 1. The van der Waals surface area contributed by atoms with Crippen molar-refractivity contribution in [3.05, 3.63) is 101 Å². The number of carbonyl (C=O) groups is 2. The molecule has 2 atom stereocenters. The van der Waals surface area contributed by atoms with Crippen molar-refractivity contribution in [2.75, 3.05) is 6.61 Å². The van der Waals surface area contributed by atoms with E-state index in [2.05, 4.69) is 10.1 Å². The Morgan fingerprint density at radius 3 is 2.21 bits per heavy atom. The van der Waals surface area contributed by atoms with Crippen LogP contribution >= 0.6 is 11.6 Å². The molecule has 0 spiro atoms. The van der Waals surface area contributed by atoms with Gasteiger partial charge < -0.3 is 15.8 Å². The molecule has 1 aliphatic heterocycles. The standard InChI is InChI=1S/C36H34ClF6N7O3/c1-33(2,3)18-35(23-9-4-20(5-10-23)21-6-11-24(38)12-7-21)30(51)49(31(44)47-35)27(17-53-32(52)48-34(14-15-34)36(41,42)43)22-8-13-25(37)26(16-22)50-29(28(39)40)45-19-46-50/h4-13,16,19,27-28H,14-15,17-18H2,1-3H3,(H2,44,47)(H,48,52)/t27-,35-/m1/s1. The molecular weight excluding hydrogens is 728 g/mol. The van der Waals surface area contributed by atoms with Crippen molar-refractivity contribution < 1.29 is 40.7 Å². The van der Waals surface area contributed by atoms with E-state index in [0.29, 0.717) is 5.56 Å². The van der Waals surface area contributed by atoms with Gasteiger partial charge in [0.1, 0.15) is 24.3 Å². The van der Waals surface area contributed by atoms with Crippen molar-refractivity contribution in [2.45, 2.75) is 69.8 Å². The Hall–Kier alpha value is -5.12. The molecule has 17 heteroatoms. The van der Waals surface area contributed by atoms with Gasteiger partial charge in [-0.15, -0.1) is 0 Å². The van der Waals surface area contributed by atoms with Crippen LogP contribution in [-0.2, 0) is 15.1 Å². The number of nitrogens with one attached hydrogen (secondary N) is 1. The summed E-state index contributed by atoms with van der Waals surface area (Å²) in [6.45, 7) is 4.96. The van der Waals surface area contributed by atoms with Crippen molar-refractivity contribution in [3.63, 3.8) is 0 Å². The number of guanidine groups is 1. The third-order valence-electron chi connectivity index (χ3n) is 9.12. The average Bonchev–Trinajstić information content (AvgIpc) is 3.63. The number of halogens is 7. The van der Waals surface area contributed by atoms with Gasteiger partial charge in [-0.1, -0.05) is 74.8 Å². The van der Waals surface area contributed by atoms with Gasteiger partial charge in [-0.25, -0.2) is 32.6 Å². The largest absolute Gasteiger partial charge is 0.447 e. The van der Waals surface area contributed by atoms with Gasteiger partial charge in [-0.2, -0.15) is 18.3 Å². The van der Waals surface area contributed by atoms with Crippen LogP contribution in [0.3, 0.4) is 0 Å². The van der Waals surface area contributed by atoms with E-state index in [1.54, 1.807) is 36.4 Å². The van der Waals surface area contributed by atoms with Gasteiger partial charge in [0.25, 0.3) is 12.3 Å². The number of amides is 2. The second-order valence-corrected chi connectivity index (χ2v) is 14.6. The molecule has 10 nitrogen and oxygen atoms in total. The van der Waals surface area contributed by atoms with Crippen molar-refractivity contribution >= 4 is 29.6 Å². The lowest BCUT2D eigenvalue weighted by Crippen LogP contribution is -2.50. The Balaban J connectivity index is 1.41. The van der Waals surface area contributed by atoms with Gasteiger partial charge in [0.05, 0.1) is 16.8 Å². The fourth-order valence-corrected chi connectivity index (χ4v) is 6.65. The third-order valence-corrected chi connectivity index (χ3v) is 9.44. The number of ether oxygens (including phenoxy) is 1. The molecule has 2 amide bonds. The maximum Gasteiger partial charge on any atom is 0.411 e. The first-order chi connectivity index (χ1) is 24.8. The van der Waals surface area contributed by atoms with Crippen LogP contribution in [0.4, 0.5) is 31.1 Å². The smallest absolute Gasteiger partial charge is 0.411 e. The van der Waals surface area contributed by atoms with Gasteiger partial charge in [-0.05, 0) is 71.2 Å².